The number of benzene rings is 1. The molecule has 1 amide bonds. The molecule has 1 aromatic carbocycles. The summed E-state index contributed by atoms with van der Waals surface area (Å²) in [6.45, 7) is 4.38. The number of nitrogens with one attached hydrogen (secondary N) is 1. The molecule has 1 atom stereocenters. The second-order valence-corrected chi connectivity index (χ2v) is 4.82. The van der Waals surface area contributed by atoms with Gasteiger partial charge in [-0.2, -0.15) is 0 Å². The van der Waals surface area contributed by atoms with Crippen molar-refractivity contribution in [1.29, 1.82) is 0 Å². The van der Waals surface area contributed by atoms with Crippen molar-refractivity contribution in [3.63, 3.8) is 0 Å². The molecule has 1 aromatic rings. The molecule has 1 unspecified atom stereocenters. The van der Waals surface area contributed by atoms with Crippen LogP contribution in [0.25, 0.3) is 0 Å². The first kappa shape index (κ1) is 12.9. The molecule has 18 heavy (non-hydrogen) atoms. The molecule has 0 fully saturated rings. The maximum absolute atomic E-state index is 11.5. The van der Waals surface area contributed by atoms with Gasteiger partial charge in [-0.05, 0) is 25.0 Å². The molecular weight excluding hydrogens is 226 g/mol. The van der Waals surface area contributed by atoms with Crippen molar-refractivity contribution in [3.05, 3.63) is 23.8 Å². The van der Waals surface area contributed by atoms with E-state index in [0.29, 0.717) is 6.04 Å². The van der Waals surface area contributed by atoms with E-state index in [0.717, 1.165) is 29.8 Å². The molecule has 1 heterocycles. The Morgan fingerprint density at radius 2 is 2.06 bits per heavy atom. The second-order valence-electron chi connectivity index (χ2n) is 4.82. The zero-order chi connectivity index (χ0) is 13.3. The second kappa shape index (κ2) is 4.98. The third kappa shape index (κ3) is 2.08. The van der Waals surface area contributed by atoms with Crippen LogP contribution in [0.5, 0.6) is 0 Å². The molecule has 0 saturated heterocycles. The minimum absolute atomic E-state index is 0.118. The lowest BCUT2D eigenvalue weighted by atomic mass is 10.1. The normalized spacial score (nSPS) is 17.8. The van der Waals surface area contributed by atoms with E-state index in [-0.39, 0.29) is 5.91 Å². The molecule has 4 heteroatoms. The number of anilines is 2. The molecule has 98 valence electrons. The number of carbonyl (C=O) groups is 1. The lowest BCUT2D eigenvalue weighted by molar-refractivity contribution is -0.116. The number of amides is 1. The summed E-state index contributed by atoms with van der Waals surface area (Å²) in [6, 6.07) is 6.00. The van der Waals surface area contributed by atoms with E-state index in [9.17, 15) is 4.79 Å². The van der Waals surface area contributed by atoms with Crippen LogP contribution in [-0.2, 0) is 4.79 Å². The summed E-state index contributed by atoms with van der Waals surface area (Å²) in [5.41, 5.74) is 8.66. The predicted molar refractivity (Wildman–Crippen MR) is 74.8 cm³/mol. The van der Waals surface area contributed by atoms with Crippen LogP contribution in [0.1, 0.15) is 38.3 Å². The quantitative estimate of drug-likeness (QED) is 0.858. The topological polar surface area (TPSA) is 58.4 Å². The molecule has 1 aliphatic heterocycles. The monoisotopic (exact) mass is 247 g/mol. The summed E-state index contributed by atoms with van der Waals surface area (Å²) in [6.07, 6.45) is 2.21. The van der Waals surface area contributed by atoms with E-state index < -0.39 is 6.04 Å². The SMILES string of the molecule is CCC(CC)N(C)c1ccc2c(c1)NC(=O)C2N. The number of fused-ring (bicyclic) bond motifs is 1. The summed E-state index contributed by atoms with van der Waals surface area (Å²) in [4.78, 5) is 13.8. The standard InChI is InChI=1S/C14H21N3O/c1-4-9(5-2)17(3)10-6-7-11-12(8-10)16-14(18)13(11)15/h6-9,13H,4-5,15H2,1-3H3,(H,16,18). The zero-order valence-electron chi connectivity index (χ0n) is 11.2. The Kier molecular flexibility index (Phi) is 3.57. The highest BCUT2D eigenvalue weighted by Crippen LogP contribution is 2.33. The van der Waals surface area contributed by atoms with Crippen molar-refractivity contribution in [2.24, 2.45) is 5.73 Å². The summed E-state index contributed by atoms with van der Waals surface area (Å²) < 4.78 is 0. The minimum Gasteiger partial charge on any atom is -0.372 e. The molecule has 1 aliphatic rings. The van der Waals surface area contributed by atoms with Gasteiger partial charge in [0.15, 0.2) is 0 Å². The molecule has 3 N–H and O–H groups in total. The molecule has 0 bridgehead atoms. The van der Waals surface area contributed by atoms with Gasteiger partial charge in [0, 0.05) is 30.0 Å². The third-order valence-electron chi connectivity index (χ3n) is 3.81. The van der Waals surface area contributed by atoms with Gasteiger partial charge in [-0.1, -0.05) is 19.9 Å². The lowest BCUT2D eigenvalue weighted by Gasteiger charge is -2.28. The summed E-state index contributed by atoms with van der Waals surface area (Å²) in [7, 11) is 2.09. The van der Waals surface area contributed by atoms with Crippen LogP contribution in [0, 0.1) is 0 Å². The van der Waals surface area contributed by atoms with Gasteiger partial charge in [0.25, 0.3) is 0 Å². The fourth-order valence-electron chi connectivity index (χ4n) is 2.54. The van der Waals surface area contributed by atoms with Crippen molar-refractivity contribution in [2.45, 2.75) is 38.8 Å². The van der Waals surface area contributed by atoms with Crippen LogP contribution in [0.3, 0.4) is 0 Å². The number of hydrogen-bond donors (Lipinski definition) is 2. The maximum atomic E-state index is 11.5. The van der Waals surface area contributed by atoms with E-state index in [4.69, 9.17) is 5.73 Å². The first-order chi connectivity index (χ1) is 8.58. The Morgan fingerprint density at radius 3 is 2.67 bits per heavy atom. The summed E-state index contributed by atoms with van der Waals surface area (Å²) in [5, 5.41) is 2.83. The number of rotatable bonds is 4. The molecule has 0 saturated carbocycles. The van der Waals surface area contributed by atoms with Gasteiger partial charge in [0.05, 0.1) is 0 Å². The largest absolute Gasteiger partial charge is 0.372 e. The van der Waals surface area contributed by atoms with Crippen LogP contribution in [0.2, 0.25) is 0 Å². The van der Waals surface area contributed by atoms with Crippen molar-refractivity contribution >= 4 is 17.3 Å². The van der Waals surface area contributed by atoms with Crippen LogP contribution in [0.15, 0.2) is 18.2 Å². The van der Waals surface area contributed by atoms with Crippen molar-refractivity contribution in [1.82, 2.24) is 0 Å². The van der Waals surface area contributed by atoms with E-state index in [1.54, 1.807) is 0 Å². The van der Waals surface area contributed by atoms with Gasteiger partial charge in [-0.3, -0.25) is 4.79 Å². The molecule has 0 aliphatic carbocycles. The first-order valence-corrected chi connectivity index (χ1v) is 6.51. The molecule has 0 aromatic heterocycles. The van der Waals surface area contributed by atoms with Crippen LogP contribution >= 0.6 is 0 Å². The van der Waals surface area contributed by atoms with Gasteiger partial charge >= 0.3 is 0 Å². The van der Waals surface area contributed by atoms with E-state index >= 15 is 0 Å². The fourth-order valence-corrected chi connectivity index (χ4v) is 2.54. The Bertz CT molecular complexity index is 454. The highest BCUT2D eigenvalue weighted by molar-refractivity contribution is 6.02. The van der Waals surface area contributed by atoms with Gasteiger partial charge in [0.1, 0.15) is 6.04 Å². The van der Waals surface area contributed by atoms with E-state index in [1.807, 2.05) is 18.2 Å². The van der Waals surface area contributed by atoms with Crippen LogP contribution in [0.4, 0.5) is 11.4 Å². The zero-order valence-corrected chi connectivity index (χ0v) is 11.2. The Hall–Kier alpha value is -1.55. The Morgan fingerprint density at radius 1 is 1.39 bits per heavy atom. The lowest BCUT2D eigenvalue weighted by Crippen LogP contribution is -2.30. The summed E-state index contributed by atoms with van der Waals surface area (Å²) in [5.74, 6) is -0.118. The van der Waals surface area contributed by atoms with Gasteiger partial charge in [-0.15, -0.1) is 0 Å². The molecule has 0 radical (unpaired) electrons. The van der Waals surface area contributed by atoms with E-state index in [1.165, 1.54) is 0 Å². The average Bonchev–Trinajstić information content (AvgIpc) is 2.66. The van der Waals surface area contributed by atoms with E-state index in [2.05, 4.69) is 31.1 Å². The number of hydrogen-bond acceptors (Lipinski definition) is 3. The Balaban J connectivity index is 2.28. The summed E-state index contributed by atoms with van der Waals surface area (Å²) >= 11 is 0. The molecule has 2 rings (SSSR count). The predicted octanol–water partition coefficient (Wildman–Crippen LogP) is 2.26. The smallest absolute Gasteiger partial charge is 0.245 e. The molecule has 4 nitrogen and oxygen atoms in total. The number of nitrogens with zero attached hydrogens (tertiary/aromatic N) is 1. The highest BCUT2D eigenvalue weighted by atomic mass is 16.2. The van der Waals surface area contributed by atoms with Gasteiger partial charge in [-0.25, -0.2) is 0 Å². The average molecular weight is 247 g/mol. The molecular formula is C14H21N3O. The fraction of sp³-hybridized carbons (Fsp3) is 0.500. The third-order valence-corrected chi connectivity index (χ3v) is 3.81. The van der Waals surface area contributed by atoms with Crippen molar-refractivity contribution < 1.29 is 4.79 Å². The maximum Gasteiger partial charge on any atom is 0.245 e. The van der Waals surface area contributed by atoms with Gasteiger partial charge < -0.3 is 16.0 Å². The van der Waals surface area contributed by atoms with Crippen molar-refractivity contribution in [3.8, 4) is 0 Å². The van der Waals surface area contributed by atoms with Crippen molar-refractivity contribution in [2.75, 3.05) is 17.3 Å². The van der Waals surface area contributed by atoms with Crippen LogP contribution in [-0.4, -0.2) is 19.0 Å². The number of nitrogens with two attached hydrogens (primary N) is 1. The minimum atomic E-state index is -0.521. The van der Waals surface area contributed by atoms with Crippen LogP contribution < -0.4 is 16.0 Å². The first-order valence-electron chi connectivity index (χ1n) is 6.51. The number of carbonyl (C=O) groups excluding carboxylic acids is 1. The highest BCUT2D eigenvalue weighted by Gasteiger charge is 2.27. The Labute approximate surface area is 108 Å². The molecule has 0 spiro atoms. The van der Waals surface area contributed by atoms with Gasteiger partial charge in [0.2, 0.25) is 5.91 Å².